The number of hydrogen-bond acceptors (Lipinski definition) is 2. The molecule has 0 amide bonds. The third kappa shape index (κ3) is 5.12. The second-order valence-electron chi connectivity index (χ2n) is 6.75. The molecule has 1 aromatic rings. The highest BCUT2D eigenvalue weighted by atomic mass is 16.5. The second-order valence-corrected chi connectivity index (χ2v) is 6.75. The molecule has 0 saturated heterocycles. The van der Waals surface area contributed by atoms with Crippen LogP contribution < -0.4 is 5.32 Å². The summed E-state index contributed by atoms with van der Waals surface area (Å²) in [6.07, 6.45) is 5.56. The highest BCUT2D eigenvalue weighted by molar-refractivity contribution is 5.30. The smallest absolute Gasteiger partial charge is 0.0665 e. The topological polar surface area (TPSA) is 21.3 Å². The maximum Gasteiger partial charge on any atom is 0.0665 e. The van der Waals surface area contributed by atoms with Crippen LogP contribution >= 0.6 is 0 Å². The molecule has 0 radical (unpaired) electrons. The Morgan fingerprint density at radius 1 is 1.10 bits per heavy atom. The predicted molar refractivity (Wildman–Crippen MR) is 89.7 cm³/mol. The Balaban J connectivity index is 1.95. The van der Waals surface area contributed by atoms with Gasteiger partial charge in [-0.1, -0.05) is 43.2 Å². The average molecular weight is 289 g/mol. The van der Waals surface area contributed by atoms with E-state index in [4.69, 9.17) is 4.74 Å². The van der Waals surface area contributed by atoms with Gasteiger partial charge >= 0.3 is 0 Å². The summed E-state index contributed by atoms with van der Waals surface area (Å²) in [5, 5.41) is 3.58. The molecule has 118 valence electrons. The SMILES string of the molecule is CCNC(COC1CCC(C)CC1)c1cc(C)cc(C)c1. The molecule has 2 nitrogen and oxygen atoms in total. The van der Waals surface area contributed by atoms with E-state index in [9.17, 15) is 0 Å². The van der Waals surface area contributed by atoms with E-state index in [2.05, 4.69) is 51.2 Å². The van der Waals surface area contributed by atoms with E-state index in [-0.39, 0.29) is 0 Å². The molecule has 2 heteroatoms. The van der Waals surface area contributed by atoms with Crippen molar-refractivity contribution in [1.82, 2.24) is 5.32 Å². The molecule has 0 aromatic heterocycles. The van der Waals surface area contributed by atoms with Crippen molar-refractivity contribution in [1.29, 1.82) is 0 Å². The lowest BCUT2D eigenvalue weighted by atomic mass is 9.89. The molecule has 1 N–H and O–H groups in total. The third-order valence-corrected chi connectivity index (χ3v) is 4.56. The molecular weight excluding hydrogens is 258 g/mol. The van der Waals surface area contributed by atoms with Crippen LogP contribution in [0.15, 0.2) is 18.2 Å². The van der Waals surface area contributed by atoms with E-state index in [0.717, 1.165) is 19.1 Å². The predicted octanol–water partition coefficient (Wildman–Crippen LogP) is 4.55. The van der Waals surface area contributed by atoms with E-state index in [1.165, 1.54) is 42.4 Å². The van der Waals surface area contributed by atoms with Gasteiger partial charge in [0.15, 0.2) is 0 Å². The number of aryl methyl sites for hydroxylation is 2. The molecule has 2 rings (SSSR count). The summed E-state index contributed by atoms with van der Waals surface area (Å²) in [6, 6.07) is 7.11. The first-order valence-corrected chi connectivity index (χ1v) is 8.51. The molecule has 1 saturated carbocycles. The Morgan fingerprint density at radius 3 is 2.29 bits per heavy atom. The first kappa shape index (κ1) is 16.5. The van der Waals surface area contributed by atoms with E-state index in [1.807, 2.05) is 0 Å². The largest absolute Gasteiger partial charge is 0.376 e. The summed E-state index contributed by atoms with van der Waals surface area (Å²) in [5.74, 6) is 0.883. The quantitative estimate of drug-likeness (QED) is 0.829. The monoisotopic (exact) mass is 289 g/mol. The molecule has 0 aliphatic heterocycles. The van der Waals surface area contributed by atoms with E-state index < -0.39 is 0 Å². The summed E-state index contributed by atoms with van der Waals surface area (Å²) >= 11 is 0. The Labute approximate surface area is 130 Å². The summed E-state index contributed by atoms with van der Waals surface area (Å²) in [5.41, 5.74) is 4.03. The average Bonchev–Trinajstić information content (AvgIpc) is 2.44. The lowest BCUT2D eigenvalue weighted by Gasteiger charge is -2.28. The van der Waals surface area contributed by atoms with Gasteiger partial charge in [0.25, 0.3) is 0 Å². The molecule has 1 fully saturated rings. The highest BCUT2D eigenvalue weighted by Crippen LogP contribution is 2.27. The van der Waals surface area contributed by atoms with Crippen LogP contribution in [0.2, 0.25) is 0 Å². The molecule has 1 atom stereocenters. The number of likely N-dealkylation sites (N-methyl/N-ethyl adjacent to an activating group) is 1. The fourth-order valence-corrected chi connectivity index (χ4v) is 3.36. The van der Waals surface area contributed by atoms with Gasteiger partial charge in [-0.05, 0) is 57.6 Å². The molecule has 1 aliphatic carbocycles. The van der Waals surface area contributed by atoms with Crippen molar-refractivity contribution in [3.63, 3.8) is 0 Å². The zero-order valence-electron chi connectivity index (χ0n) is 14.1. The van der Waals surface area contributed by atoms with Crippen LogP contribution in [0.5, 0.6) is 0 Å². The van der Waals surface area contributed by atoms with Gasteiger partial charge in [0, 0.05) is 0 Å². The van der Waals surface area contributed by atoms with Crippen molar-refractivity contribution < 1.29 is 4.74 Å². The van der Waals surface area contributed by atoms with Crippen molar-refractivity contribution in [2.45, 2.75) is 65.5 Å². The van der Waals surface area contributed by atoms with Crippen LogP contribution in [0.3, 0.4) is 0 Å². The minimum absolute atomic E-state index is 0.313. The molecule has 1 aliphatic rings. The Bertz CT molecular complexity index is 415. The Morgan fingerprint density at radius 2 is 1.71 bits per heavy atom. The maximum atomic E-state index is 6.22. The molecule has 1 unspecified atom stereocenters. The van der Waals surface area contributed by atoms with Crippen molar-refractivity contribution >= 4 is 0 Å². The molecular formula is C19H31NO. The van der Waals surface area contributed by atoms with Crippen molar-refractivity contribution in [3.8, 4) is 0 Å². The normalized spacial score (nSPS) is 24.0. The number of hydrogen-bond donors (Lipinski definition) is 1. The lowest BCUT2D eigenvalue weighted by Crippen LogP contribution is -2.29. The minimum atomic E-state index is 0.313. The summed E-state index contributed by atoms with van der Waals surface area (Å²) < 4.78 is 6.22. The van der Waals surface area contributed by atoms with Crippen LogP contribution in [0, 0.1) is 19.8 Å². The first-order chi connectivity index (χ1) is 10.1. The third-order valence-electron chi connectivity index (χ3n) is 4.56. The van der Waals surface area contributed by atoms with Gasteiger partial charge in [0.2, 0.25) is 0 Å². The number of rotatable bonds is 6. The number of ether oxygens (including phenoxy) is 1. The fourth-order valence-electron chi connectivity index (χ4n) is 3.36. The van der Waals surface area contributed by atoms with Gasteiger partial charge in [-0.2, -0.15) is 0 Å². The molecule has 0 bridgehead atoms. The summed E-state index contributed by atoms with van der Waals surface area (Å²) in [6.45, 7) is 10.6. The van der Waals surface area contributed by atoms with Gasteiger partial charge in [-0.3, -0.25) is 0 Å². The molecule has 21 heavy (non-hydrogen) atoms. The van der Waals surface area contributed by atoms with Crippen LogP contribution in [-0.4, -0.2) is 19.3 Å². The van der Waals surface area contributed by atoms with Crippen LogP contribution in [0.4, 0.5) is 0 Å². The highest BCUT2D eigenvalue weighted by Gasteiger charge is 2.20. The van der Waals surface area contributed by atoms with Gasteiger partial charge in [0.05, 0.1) is 18.8 Å². The van der Waals surface area contributed by atoms with E-state index >= 15 is 0 Å². The standard InChI is InChI=1S/C19H31NO/c1-5-20-19(17-11-15(3)10-16(4)12-17)13-21-18-8-6-14(2)7-9-18/h10-12,14,18-20H,5-9,13H2,1-4H3. The summed E-state index contributed by atoms with van der Waals surface area (Å²) in [4.78, 5) is 0. The number of nitrogens with one attached hydrogen (secondary N) is 1. The van der Waals surface area contributed by atoms with Crippen LogP contribution in [-0.2, 0) is 4.74 Å². The van der Waals surface area contributed by atoms with Crippen LogP contribution in [0.25, 0.3) is 0 Å². The van der Waals surface area contributed by atoms with Crippen molar-refractivity contribution in [3.05, 3.63) is 34.9 Å². The van der Waals surface area contributed by atoms with Crippen LogP contribution in [0.1, 0.15) is 62.3 Å². The van der Waals surface area contributed by atoms with Gasteiger partial charge in [-0.25, -0.2) is 0 Å². The van der Waals surface area contributed by atoms with E-state index in [0.29, 0.717) is 12.1 Å². The zero-order chi connectivity index (χ0) is 15.2. The molecule has 1 aromatic carbocycles. The van der Waals surface area contributed by atoms with Gasteiger partial charge in [0.1, 0.15) is 0 Å². The number of benzene rings is 1. The molecule has 0 spiro atoms. The maximum absolute atomic E-state index is 6.22. The summed E-state index contributed by atoms with van der Waals surface area (Å²) in [7, 11) is 0. The van der Waals surface area contributed by atoms with Gasteiger partial charge < -0.3 is 10.1 Å². The second kappa shape index (κ2) is 7.95. The first-order valence-electron chi connectivity index (χ1n) is 8.51. The van der Waals surface area contributed by atoms with Crippen molar-refractivity contribution in [2.75, 3.05) is 13.2 Å². The van der Waals surface area contributed by atoms with Crippen molar-refractivity contribution in [2.24, 2.45) is 5.92 Å². The van der Waals surface area contributed by atoms with E-state index in [1.54, 1.807) is 0 Å². The fraction of sp³-hybridized carbons (Fsp3) is 0.684. The Hall–Kier alpha value is -0.860. The van der Waals surface area contributed by atoms with Gasteiger partial charge in [-0.15, -0.1) is 0 Å². The Kier molecular flexibility index (Phi) is 6.25. The minimum Gasteiger partial charge on any atom is -0.376 e. The zero-order valence-corrected chi connectivity index (χ0v) is 14.1. The molecule has 0 heterocycles. The lowest BCUT2D eigenvalue weighted by molar-refractivity contribution is 0.00807.